The summed E-state index contributed by atoms with van der Waals surface area (Å²) in [4.78, 5) is 12.1. The predicted octanol–water partition coefficient (Wildman–Crippen LogP) is 2.55. The molecule has 0 saturated heterocycles. The summed E-state index contributed by atoms with van der Waals surface area (Å²) in [6.45, 7) is 13.8. The molecule has 1 aliphatic rings. The molecule has 1 rings (SSSR count). The minimum absolute atomic E-state index is 0.162. The van der Waals surface area contributed by atoms with Gasteiger partial charge in [0.15, 0.2) is 0 Å². The lowest BCUT2D eigenvalue weighted by Gasteiger charge is -2.17. The van der Waals surface area contributed by atoms with Gasteiger partial charge >= 0.3 is 0 Å². The first-order valence-electron chi connectivity index (χ1n) is 7.12. The second kappa shape index (κ2) is 5.20. The Bertz CT molecular complexity index is 294. The van der Waals surface area contributed by atoms with Crippen LogP contribution in [0.25, 0.3) is 0 Å². The molecule has 0 aromatic heterocycles. The zero-order valence-electron chi connectivity index (χ0n) is 12.8. The van der Waals surface area contributed by atoms with Crippen LogP contribution in [-0.2, 0) is 4.79 Å². The summed E-state index contributed by atoms with van der Waals surface area (Å²) in [5.74, 6) is 1.07. The third-order valence-corrected chi connectivity index (χ3v) is 4.94. The molecule has 1 amide bonds. The average Bonchev–Trinajstić information content (AvgIpc) is 2.59. The second-order valence-corrected chi connectivity index (χ2v) is 7.38. The topological polar surface area (TPSA) is 55.1 Å². The van der Waals surface area contributed by atoms with Crippen LogP contribution in [0.2, 0.25) is 0 Å². The zero-order valence-corrected chi connectivity index (χ0v) is 12.8. The van der Waals surface area contributed by atoms with E-state index in [2.05, 4.69) is 46.9 Å². The number of hydrogen-bond donors (Lipinski definition) is 2. The van der Waals surface area contributed by atoms with Crippen molar-refractivity contribution in [3.05, 3.63) is 0 Å². The Labute approximate surface area is 112 Å². The molecule has 0 aromatic carbocycles. The van der Waals surface area contributed by atoms with Gasteiger partial charge in [-0.3, -0.25) is 4.79 Å². The molecule has 3 nitrogen and oxygen atoms in total. The Morgan fingerprint density at radius 2 is 1.72 bits per heavy atom. The predicted molar refractivity (Wildman–Crippen MR) is 76.1 cm³/mol. The molecule has 1 aliphatic carbocycles. The maximum atomic E-state index is 12.1. The lowest BCUT2D eigenvalue weighted by Crippen LogP contribution is -2.33. The molecular weight excluding hydrogens is 224 g/mol. The number of carbonyl (C=O) groups is 1. The van der Waals surface area contributed by atoms with Gasteiger partial charge in [-0.1, -0.05) is 41.5 Å². The Kier molecular flexibility index (Phi) is 4.47. The molecule has 0 unspecified atom stereocenters. The van der Waals surface area contributed by atoms with Crippen molar-refractivity contribution < 1.29 is 4.79 Å². The molecule has 18 heavy (non-hydrogen) atoms. The van der Waals surface area contributed by atoms with Crippen molar-refractivity contribution in [2.75, 3.05) is 6.54 Å². The van der Waals surface area contributed by atoms with Crippen LogP contribution in [0.4, 0.5) is 0 Å². The molecule has 0 bridgehead atoms. The minimum Gasteiger partial charge on any atom is -0.352 e. The van der Waals surface area contributed by atoms with E-state index in [9.17, 15) is 4.79 Å². The van der Waals surface area contributed by atoms with E-state index in [0.29, 0.717) is 30.8 Å². The second-order valence-electron chi connectivity index (χ2n) is 7.38. The molecule has 0 aliphatic heterocycles. The summed E-state index contributed by atoms with van der Waals surface area (Å²) in [7, 11) is 0. The summed E-state index contributed by atoms with van der Waals surface area (Å²) in [6.07, 6.45) is 1.60. The standard InChI is InChI=1S/C15H30N2O/c1-10(2)7-11(9-16)8-12(18)17-13-14(3,4)15(13,5)6/h10-11,13H,7-9,16H2,1-6H3,(H,17,18)/t11-/m0/s1. The van der Waals surface area contributed by atoms with Crippen molar-refractivity contribution in [1.82, 2.24) is 5.32 Å². The highest BCUT2D eigenvalue weighted by Gasteiger charge is 2.65. The molecule has 1 fully saturated rings. The molecule has 0 heterocycles. The fourth-order valence-corrected chi connectivity index (χ4v) is 2.97. The van der Waals surface area contributed by atoms with Crippen LogP contribution in [0.1, 0.15) is 54.4 Å². The number of hydrogen-bond acceptors (Lipinski definition) is 2. The highest BCUT2D eigenvalue weighted by Crippen LogP contribution is 2.62. The Morgan fingerprint density at radius 3 is 2.06 bits per heavy atom. The largest absolute Gasteiger partial charge is 0.352 e. The van der Waals surface area contributed by atoms with E-state index in [1.807, 2.05) is 0 Å². The van der Waals surface area contributed by atoms with Crippen LogP contribution in [0.5, 0.6) is 0 Å². The highest BCUT2D eigenvalue weighted by molar-refractivity contribution is 5.77. The quantitative estimate of drug-likeness (QED) is 0.765. The Morgan fingerprint density at radius 1 is 1.22 bits per heavy atom. The van der Waals surface area contributed by atoms with Gasteiger partial charge in [0.1, 0.15) is 0 Å². The average molecular weight is 254 g/mol. The smallest absolute Gasteiger partial charge is 0.220 e. The summed E-state index contributed by atoms with van der Waals surface area (Å²) in [6, 6.07) is 0.301. The van der Waals surface area contributed by atoms with Gasteiger partial charge in [0, 0.05) is 12.5 Å². The first-order chi connectivity index (χ1) is 8.12. The van der Waals surface area contributed by atoms with Crippen LogP contribution in [-0.4, -0.2) is 18.5 Å². The molecule has 1 saturated carbocycles. The lowest BCUT2D eigenvalue weighted by molar-refractivity contribution is -0.122. The van der Waals surface area contributed by atoms with Crippen molar-refractivity contribution in [1.29, 1.82) is 0 Å². The molecule has 3 N–H and O–H groups in total. The van der Waals surface area contributed by atoms with Crippen LogP contribution in [0.3, 0.4) is 0 Å². The van der Waals surface area contributed by atoms with Gasteiger partial charge < -0.3 is 11.1 Å². The van der Waals surface area contributed by atoms with E-state index in [0.717, 1.165) is 6.42 Å². The molecule has 0 radical (unpaired) electrons. The molecule has 0 spiro atoms. The van der Waals surface area contributed by atoms with Gasteiger partial charge in [-0.2, -0.15) is 0 Å². The normalized spacial score (nSPS) is 22.9. The van der Waals surface area contributed by atoms with Gasteiger partial charge in [-0.25, -0.2) is 0 Å². The highest BCUT2D eigenvalue weighted by atomic mass is 16.1. The summed E-state index contributed by atoms with van der Waals surface area (Å²) in [5, 5.41) is 3.18. The molecule has 0 aromatic rings. The van der Waals surface area contributed by atoms with E-state index in [1.54, 1.807) is 0 Å². The number of amides is 1. The van der Waals surface area contributed by atoms with Crippen molar-refractivity contribution in [2.24, 2.45) is 28.4 Å². The van der Waals surface area contributed by atoms with Crippen LogP contribution < -0.4 is 11.1 Å². The van der Waals surface area contributed by atoms with E-state index in [1.165, 1.54) is 0 Å². The summed E-state index contributed by atoms with van der Waals surface area (Å²) < 4.78 is 0. The van der Waals surface area contributed by atoms with Crippen molar-refractivity contribution in [3.63, 3.8) is 0 Å². The van der Waals surface area contributed by atoms with Gasteiger partial charge in [0.2, 0.25) is 5.91 Å². The van der Waals surface area contributed by atoms with Crippen molar-refractivity contribution in [3.8, 4) is 0 Å². The number of carbonyl (C=O) groups excluding carboxylic acids is 1. The Hall–Kier alpha value is -0.570. The first-order valence-corrected chi connectivity index (χ1v) is 7.12. The summed E-state index contributed by atoms with van der Waals surface area (Å²) >= 11 is 0. The lowest BCUT2D eigenvalue weighted by atomic mass is 9.94. The zero-order chi connectivity index (χ0) is 14.1. The number of nitrogens with two attached hydrogens (primary N) is 1. The monoisotopic (exact) mass is 254 g/mol. The van der Waals surface area contributed by atoms with Crippen LogP contribution in [0.15, 0.2) is 0 Å². The molecular formula is C15H30N2O. The molecule has 106 valence electrons. The summed E-state index contributed by atoms with van der Waals surface area (Å²) in [5.41, 5.74) is 6.16. The minimum atomic E-state index is 0.162. The maximum Gasteiger partial charge on any atom is 0.220 e. The third-order valence-electron chi connectivity index (χ3n) is 4.94. The third kappa shape index (κ3) is 3.05. The van der Waals surface area contributed by atoms with E-state index >= 15 is 0 Å². The van der Waals surface area contributed by atoms with Crippen LogP contribution >= 0.6 is 0 Å². The van der Waals surface area contributed by atoms with Crippen molar-refractivity contribution in [2.45, 2.75) is 60.4 Å². The van der Waals surface area contributed by atoms with Crippen LogP contribution in [0, 0.1) is 22.7 Å². The van der Waals surface area contributed by atoms with Gasteiger partial charge in [0.25, 0.3) is 0 Å². The fraction of sp³-hybridized carbons (Fsp3) is 0.933. The van der Waals surface area contributed by atoms with E-state index in [4.69, 9.17) is 5.73 Å². The van der Waals surface area contributed by atoms with E-state index < -0.39 is 0 Å². The van der Waals surface area contributed by atoms with Crippen molar-refractivity contribution >= 4 is 5.91 Å². The fourth-order valence-electron chi connectivity index (χ4n) is 2.97. The molecule has 3 heteroatoms. The SMILES string of the molecule is CC(C)C[C@H](CN)CC(=O)NC1C(C)(C)C1(C)C. The number of rotatable bonds is 6. The maximum absolute atomic E-state index is 12.1. The number of nitrogens with one attached hydrogen (secondary N) is 1. The van der Waals surface area contributed by atoms with Gasteiger partial charge in [-0.15, -0.1) is 0 Å². The van der Waals surface area contributed by atoms with Gasteiger partial charge in [-0.05, 0) is 35.6 Å². The van der Waals surface area contributed by atoms with Gasteiger partial charge in [0.05, 0.1) is 0 Å². The molecule has 1 atom stereocenters. The first kappa shape index (κ1) is 15.5. The van der Waals surface area contributed by atoms with E-state index in [-0.39, 0.29) is 16.7 Å². The Balaban J connectivity index is 2.43.